The number of anilines is 1. The van der Waals surface area contributed by atoms with Crippen molar-refractivity contribution >= 4 is 23.1 Å². The summed E-state index contributed by atoms with van der Waals surface area (Å²) in [5.41, 5.74) is 1.26. The molecule has 5 nitrogen and oxygen atoms in total. The second kappa shape index (κ2) is 7.89. The molecule has 3 rings (SSSR count). The van der Waals surface area contributed by atoms with Crippen LogP contribution in [0.5, 0.6) is 5.75 Å². The number of aryl methyl sites for hydroxylation is 1. The summed E-state index contributed by atoms with van der Waals surface area (Å²) in [6, 6.07) is 14.0. The third-order valence-electron chi connectivity index (χ3n) is 3.74. The Hall–Kier alpha value is -3.07. The maximum absolute atomic E-state index is 12.5. The average molecular weight is 407 g/mol. The van der Waals surface area contributed by atoms with E-state index in [0.717, 1.165) is 4.88 Å². The lowest BCUT2D eigenvalue weighted by Gasteiger charge is -2.13. The molecule has 0 saturated heterocycles. The van der Waals surface area contributed by atoms with Crippen molar-refractivity contribution in [1.82, 2.24) is 4.57 Å². The highest BCUT2D eigenvalue weighted by Gasteiger charge is 2.31. The van der Waals surface area contributed by atoms with Gasteiger partial charge in [0.25, 0.3) is 0 Å². The van der Waals surface area contributed by atoms with Crippen molar-refractivity contribution in [3.8, 4) is 11.4 Å². The molecule has 2 amide bonds. The highest BCUT2D eigenvalue weighted by molar-refractivity contribution is 7.09. The quantitative estimate of drug-likeness (QED) is 0.620. The van der Waals surface area contributed by atoms with Crippen LogP contribution in [-0.2, 0) is 0 Å². The molecule has 0 radical (unpaired) electrons. The zero-order valence-corrected chi connectivity index (χ0v) is 15.8. The number of aromatic nitrogens is 1. The summed E-state index contributed by atoms with van der Waals surface area (Å²) in [7, 11) is 1.62. The van der Waals surface area contributed by atoms with Crippen LogP contribution in [0.15, 0.2) is 65.8 Å². The number of amides is 2. The first-order valence-electron chi connectivity index (χ1n) is 8.16. The predicted molar refractivity (Wildman–Crippen MR) is 101 cm³/mol. The molecule has 0 aliphatic heterocycles. The summed E-state index contributed by atoms with van der Waals surface area (Å²) >= 11 is 1.30. The molecule has 3 aromatic rings. The first kappa shape index (κ1) is 19.7. The van der Waals surface area contributed by atoms with Crippen molar-refractivity contribution in [1.29, 1.82) is 0 Å². The van der Waals surface area contributed by atoms with Crippen molar-refractivity contribution in [3.63, 3.8) is 0 Å². The van der Waals surface area contributed by atoms with Crippen LogP contribution in [0.1, 0.15) is 4.88 Å². The maximum Gasteiger partial charge on any atom is 0.573 e. The number of para-hydroxylation sites is 1. The smallest absolute Gasteiger partial charge is 0.406 e. The minimum atomic E-state index is -4.75. The Morgan fingerprint density at radius 1 is 1.11 bits per heavy atom. The Labute approximate surface area is 163 Å². The molecule has 0 N–H and O–H groups in total. The van der Waals surface area contributed by atoms with E-state index >= 15 is 0 Å². The molecule has 0 aliphatic rings. The summed E-state index contributed by atoms with van der Waals surface area (Å²) in [4.78, 5) is 19.4. The molecule has 9 heteroatoms. The maximum atomic E-state index is 12.5. The van der Waals surface area contributed by atoms with Crippen LogP contribution < -0.4 is 14.4 Å². The van der Waals surface area contributed by atoms with Crippen LogP contribution in [0.2, 0.25) is 0 Å². The van der Waals surface area contributed by atoms with Gasteiger partial charge in [-0.2, -0.15) is 4.99 Å². The molecular formula is C19H16F3N3O2S. The predicted octanol–water partition coefficient (Wildman–Crippen LogP) is 4.90. The van der Waals surface area contributed by atoms with Gasteiger partial charge in [-0.3, -0.25) is 9.47 Å². The molecule has 1 heterocycles. The molecule has 0 unspecified atom stereocenters. The number of alkyl halides is 3. The third kappa shape index (κ3) is 4.80. The topological polar surface area (TPSA) is 46.8 Å². The SMILES string of the molecule is Cc1cn(-c2ccc(OC(F)(F)F)cc2)/c(=N/C(=O)N(C)c2ccccc2)s1. The second-order valence-electron chi connectivity index (χ2n) is 5.83. The third-order valence-corrected chi connectivity index (χ3v) is 4.64. The second-order valence-corrected chi connectivity index (χ2v) is 7.04. The first-order chi connectivity index (χ1) is 13.2. The Morgan fingerprint density at radius 2 is 1.75 bits per heavy atom. The van der Waals surface area contributed by atoms with E-state index in [1.54, 1.807) is 29.9 Å². The number of carbonyl (C=O) groups is 1. The number of thiazole rings is 1. The van der Waals surface area contributed by atoms with Crippen LogP contribution in [0.4, 0.5) is 23.7 Å². The number of carbonyl (C=O) groups excluding carboxylic acids is 1. The van der Waals surface area contributed by atoms with E-state index in [0.29, 0.717) is 16.2 Å². The fraction of sp³-hybridized carbons (Fsp3) is 0.158. The number of hydrogen-bond donors (Lipinski definition) is 0. The monoisotopic (exact) mass is 407 g/mol. The summed E-state index contributed by atoms with van der Waals surface area (Å²) in [5, 5.41) is 0. The van der Waals surface area contributed by atoms with Crippen molar-refractivity contribution in [3.05, 3.63) is 70.5 Å². The number of urea groups is 1. The van der Waals surface area contributed by atoms with Crippen LogP contribution in [0.25, 0.3) is 5.69 Å². The van der Waals surface area contributed by atoms with Gasteiger partial charge in [0.15, 0.2) is 4.80 Å². The normalized spacial score (nSPS) is 12.1. The number of hydrogen-bond acceptors (Lipinski definition) is 3. The molecule has 0 saturated carbocycles. The molecule has 146 valence electrons. The van der Waals surface area contributed by atoms with Crippen LogP contribution in [-0.4, -0.2) is 24.0 Å². The van der Waals surface area contributed by atoms with Crippen molar-refractivity contribution < 1.29 is 22.7 Å². The van der Waals surface area contributed by atoms with E-state index in [9.17, 15) is 18.0 Å². The zero-order valence-electron chi connectivity index (χ0n) is 15.0. The van der Waals surface area contributed by atoms with Crippen molar-refractivity contribution in [2.75, 3.05) is 11.9 Å². The van der Waals surface area contributed by atoms with E-state index < -0.39 is 12.4 Å². The molecule has 0 fully saturated rings. The molecule has 1 aromatic heterocycles. The fourth-order valence-electron chi connectivity index (χ4n) is 2.45. The van der Waals surface area contributed by atoms with Gasteiger partial charge in [-0.05, 0) is 43.3 Å². The van der Waals surface area contributed by atoms with Gasteiger partial charge in [0.05, 0.1) is 0 Å². The first-order valence-corrected chi connectivity index (χ1v) is 8.97. The summed E-state index contributed by atoms with van der Waals surface area (Å²) in [6.07, 6.45) is -2.98. The summed E-state index contributed by atoms with van der Waals surface area (Å²) < 4.78 is 42.5. The fourth-order valence-corrected chi connectivity index (χ4v) is 3.27. The van der Waals surface area contributed by atoms with Gasteiger partial charge >= 0.3 is 12.4 Å². The van der Waals surface area contributed by atoms with Gasteiger partial charge in [0, 0.05) is 29.5 Å². The summed E-state index contributed by atoms with van der Waals surface area (Å²) in [6.45, 7) is 1.85. The average Bonchev–Trinajstić information content (AvgIpc) is 3.01. The minimum Gasteiger partial charge on any atom is -0.406 e. The molecule has 28 heavy (non-hydrogen) atoms. The number of halogens is 3. The zero-order chi connectivity index (χ0) is 20.3. The lowest BCUT2D eigenvalue weighted by molar-refractivity contribution is -0.274. The molecule has 0 spiro atoms. The van der Waals surface area contributed by atoms with Gasteiger partial charge in [-0.1, -0.05) is 18.2 Å². The highest BCUT2D eigenvalue weighted by atomic mass is 32.1. The van der Waals surface area contributed by atoms with Gasteiger partial charge < -0.3 is 4.74 Å². The van der Waals surface area contributed by atoms with Crippen LogP contribution >= 0.6 is 11.3 Å². The number of rotatable bonds is 3. The standard InChI is InChI=1S/C19H16F3N3O2S/c1-13-12-25(15-8-10-16(11-9-15)27-19(20,21)22)18(28-13)23-17(26)24(2)14-6-4-3-5-7-14/h3-12H,1-2H3/b23-18-. The molecule has 0 atom stereocenters. The number of benzene rings is 2. The van der Waals surface area contributed by atoms with E-state index in [2.05, 4.69) is 9.73 Å². The Balaban J connectivity index is 1.91. The highest BCUT2D eigenvalue weighted by Crippen LogP contribution is 2.23. The van der Waals surface area contributed by atoms with Gasteiger partial charge in [-0.15, -0.1) is 24.5 Å². The Morgan fingerprint density at radius 3 is 2.36 bits per heavy atom. The summed E-state index contributed by atoms with van der Waals surface area (Å²) in [5.74, 6) is -0.317. The van der Waals surface area contributed by atoms with Crippen molar-refractivity contribution in [2.24, 2.45) is 4.99 Å². The lowest BCUT2D eigenvalue weighted by atomic mass is 10.3. The van der Waals surface area contributed by atoms with Crippen LogP contribution in [0, 0.1) is 6.92 Å². The molecule has 0 bridgehead atoms. The Kier molecular flexibility index (Phi) is 5.55. The number of nitrogens with zero attached hydrogens (tertiary/aromatic N) is 3. The van der Waals surface area contributed by atoms with E-state index in [1.807, 2.05) is 25.1 Å². The van der Waals surface area contributed by atoms with E-state index in [4.69, 9.17) is 0 Å². The van der Waals surface area contributed by atoms with E-state index in [1.165, 1.54) is 40.5 Å². The van der Waals surface area contributed by atoms with Gasteiger partial charge in [-0.25, -0.2) is 4.79 Å². The lowest BCUT2D eigenvalue weighted by Crippen LogP contribution is -2.26. The molecule has 0 aliphatic carbocycles. The van der Waals surface area contributed by atoms with E-state index in [-0.39, 0.29) is 5.75 Å². The van der Waals surface area contributed by atoms with Crippen molar-refractivity contribution in [2.45, 2.75) is 13.3 Å². The van der Waals surface area contributed by atoms with Gasteiger partial charge in [0.2, 0.25) is 0 Å². The molecule has 2 aromatic carbocycles. The Bertz CT molecular complexity index is 1030. The molecular weight excluding hydrogens is 391 g/mol. The largest absolute Gasteiger partial charge is 0.573 e. The number of ether oxygens (including phenoxy) is 1. The van der Waals surface area contributed by atoms with Crippen LogP contribution in [0.3, 0.4) is 0 Å². The minimum absolute atomic E-state index is 0.317. The van der Waals surface area contributed by atoms with Gasteiger partial charge in [0.1, 0.15) is 5.75 Å².